The van der Waals surface area contributed by atoms with E-state index in [-0.39, 0.29) is 5.75 Å². The number of methoxy groups -OCH3 is 2. The van der Waals surface area contributed by atoms with E-state index in [1.54, 1.807) is 36.4 Å². The Morgan fingerprint density at radius 3 is 2.37 bits per heavy atom. The molecule has 4 rings (SSSR count). The molecule has 0 radical (unpaired) electrons. The van der Waals surface area contributed by atoms with Crippen LogP contribution in [0.15, 0.2) is 84.0 Å². The van der Waals surface area contributed by atoms with Gasteiger partial charge in [0.1, 0.15) is 5.75 Å². The van der Waals surface area contributed by atoms with Gasteiger partial charge in [-0.25, -0.2) is 10.2 Å². The van der Waals surface area contributed by atoms with Crippen LogP contribution < -0.4 is 19.6 Å². The zero-order valence-corrected chi connectivity index (χ0v) is 19.6. The Hall–Kier alpha value is -4.65. The Balaban J connectivity index is 1.48. The first-order valence-electron chi connectivity index (χ1n) is 10.9. The molecule has 1 N–H and O–H groups in total. The number of aryl methyl sites for hydroxylation is 1. The Morgan fingerprint density at radius 2 is 1.57 bits per heavy atom. The molecule has 4 aromatic rings. The van der Waals surface area contributed by atoms with Gasteiger partial charge in [0.25, 0.3) is 5.91 Å². The summed E-state index contributed by atoms with van der Waals surface area (Å²) in [7, 11) is 2.99. The van der Waals surface area contributed by atoms with Crippen molar-refractivity contribution in [3.63, 3.8) is 0 Å². The molecule has 4 aromatic carbocycles. The van der Waals surface area contributed by atoms with Gasteiger partial charge in [0, 0.05) is 0 Å². The summed E-state index contributed by atoms with van der Waals surface area (Å²) in [5.41, 5.74) is 4.95. The molecule has 0 spiro atoms. The first-order chi connectivity index (χ1) is 17.0. The van der Waals surface area contributed by atoms with E-state index in [1.807, 2.05) is 49.4 Å². The van der Waals surface area contributed by atoms with Crippen molar-refractivity contribution in [1.29, 1.82) is 0 Å². The summed E-state index contributed by atoms with van der Waals surface area (Å²) >= 11 is 0. The molecule has 0 aromatic heterocycles. The molecule has 0 aliphatic rings. The van der Waals surface area contributed by atoms with Crippen molar-refractivity contribution >= 4 is 28.9 Å². The van der Waals surface area contributed by atoms with Gasteiger partial charge in [-0.05, 0) is 65.2 Å². The third kappa shape index (κ3) is 5.30. The number of carbonyl (C=O) groups is 2. The minimum absolute atomic E-state index is 0.274. The van der Waals surface area contributed by atoms with E-state index in [0.29, 0.717) is 28.2 Å². The number of amides is 1. The number of nitrogens with zero attached hydrogens (tertiary/aromatic N) is 1. The fraction of sp³-hybridized carbons (Fsp3) is 0.107. The standard InChI is InChI=1S/C28H24N2O5/c1-18-11-13-23(25(15-18)33-2)27(31)30-29-17-19-12-14-24(26(16-19)34-3)35-28(32)22-10-6-8-20-7-4-5-9-21(20)22/h4-17H,1-3H3,(H,30,31)/b29-17-. The van der Waals surface area contributed by atoms with Crippen molar-refractivity contribution < 1.29 is 23.8 Å². The van der Waals surface area contributed by atoms with Gasteiger partial charge in [-0.15, -0.1) is 0 Å². The van der Waals surface area contributed by atoms with Crippen molar-refractivity contribution in [2.75, 3.05) is 14.2 Å². The summed E-state index contributed by atoms with van der Waals surface area (Å²) in [4.78, 5) is 25.3. The largest absolute Gasteiger partial charge is 0.496 e. The highest BCUT2D eigenvalue weighted by molar-refractivity contribution is 6.05. The number of nitrogens with one attached hydrogen (secondary N) is 1. The Kier molecular flexibility index (Phi) is 7.07. The molecule has 0 unspecified atom stereocenters. The van der Waals surface area contributed by atoms with Crippen molar-refractivity contribution in [1.82, 2.24) is 5.43 Å². The first-order valence-corrected chi connectivity index (χ1v) is 10.9. The van der Waals surface area contributed by atoms with E-state index in [0.717, 1.165) is 16.3 Å². The average molecular weight is 469 g/mol. The molecule has 0 heterocycles. The van der Waals surface area contributed by atoms with Gasteiger partial charge in [0.2, 0.25) is 0 Å². The van der Waals surface area contributed by atoms with Gasteiger partial charge in [-0.1, -0.05) is 42.5 Å². The molecule has 0 atom stereocenters. The molecule has 0 fully saturated rings. The number of benzene rings is 4. The van der Waals surface area contributed by atoms with Crippen LogP contribution in [0.1, 0.15) is 31.8 Å². The van der Waals surface area contributed by atoms with Crippen LogP contribution in [-0.2, 0) is 0 Å². The minimum Gasteiger partial charge on any atom is -0.496 e. The summed E-state index contributed by atoms with van der Waals surface area (Å²) in [6.07, 6.45) is 1.47. The smallest absolute Gasteiger partial charge is 0.344 e. The van der Waals surface area contributed by atoms with E-state index >= 15 is 0 Å². The zero-order valence-electron chi connectivity index (χ0n) is 19.6. The number of esters is 1. The summed E-state index contributed by atoms with van der Waals surface area (Å²) < 4.78 is 16.3. The number of ether oxygens (including phenoxy) is 3. The van der Waals surface area contributed by atoms with Gasteiger partial charge in [-0.2, -0.15) is 5.10 Å². The van der Waals surface area contributed by atoms with Crippen LogP contribution in [0.3, 0.4) is 0 Å². The zero-order chi connectivity index (χ0) is 24.8. The lowest BCUT2D eigenvalue weighted by atomic mass is 10.0. The quantitative estimate of drug-likeness (QED) is 0.175. The first kappa shape index (κ1) is 23.5. The van der Waals surface area contributed by atoms with Crippen LogP contribution in [0.2, 0.25) is 0 Å². The number of carbonyl (C=O) groups excluding carboxylic acids is 2. The van der Waals surface area contributed by atoms with Crippen LogP contribution in [0.4, 0.5) is 0 Å². The maximum atomic E-state index is 12.9. The van der Waals surface area contributed by atoms with Gasteiger partial charge >= 0.3 is 5.97 Å². The molecule has 35 heavy (non-hydrogen) atoms. The molecule has 0 saturated carbocycles. The molecular formula is C28H24N2O5. The minimum atomic E-state index is -0.485. The number of hydrogen-bond acceptors (Lipinski definition) is 6. The highest BCUT2D eigenvalue weighted by atomic mass is 16.6. The van der Waals surface area contributed by atoms with Crippen LogP contribution in [-0.4, -0.2) is 32.3 Å². The summed E-state index contributed by atoms with van der Waals surface area (Å²) in [5, 5.41) is 5.78. The lowest BCUT2D eigenvalue weighted by Crippen LogP contribution is -2.18. The Bertz CT molecular complexity index is 1420. The summed E-state index contributed by atoms with van der Waals surface area (Å²) in [6.45, 7) is 1.92. The average Bonchev–Trinajstić information content (AvgIpc) is 2.88. The lowest BCUT2D eigenvalue weighted by Gasteiger charge is -2.11. The summed E-state index contributed by atoms with van der Waals surface area (Å²) in [5.74, 6) is 0.216. The monoisotopic (exact) mass is 468 g/mol. The number of hydrogen-bond donors (Lipinski definition) is 1. The second kappa shape index (κ2) is 10.5. The van der Waals surface area contributed by atoms with Crippen LogP contribution >= 0.6 is 0 Å². The fourth-order valence-electron chi connectivity index (χ4n) is 3.62. The number of hydrazone groups is 1. The van der Waals surface area contributed by atoms with Gasteiger partial charge in [0.05, 0.1) is 31.6 Å². The molecule has 176 valence electrons. The molecule has 0 saturated heterocycles. The van der Waals surface area contributed by atoms with Gasteiger partial charge < -0.3 is 14.2 Å². The van der Waals surface area contributed by atoms with E-state index in [4.69, 9.17) is 14.2 Å². The van der Waals surface area contributed by atoms with Crippen LogP contribution in [0, 0.1) is 6.92 Å². The van der Waals surface area contributed by atoms with Crippen molar-refractivity contribution in [3.05, 3.63) is 101 Å². The summed E-state index contributed by atoms with van der Waals surface area (Å²) in [6, 6.07) is 23.4. The predicted molar refractivity (Wildman–Crippen MR) is 135 cm³/mol. The third-order valence-corrected chi connectivity index (χ3v) is 5.38. The normalized spacial score (nSPS) is 10.8. The topological polar surface area (TPSA) is 86.2 Å². The molecule has 7 heteroatoms. The van der Waals surface area contributed by atoms with E-state index in [1.165, 1.54) is 20.4 Å². The molecule has 1 amide bonds. The SMILES string of the molecule is COc1cc(/C=N\NC(=O)c2ccc(C)cc2OC)ccc1OC(=O)c1cccc2ccccc12. The number of fused-ring (bicyclic) bond motifs is 1. The van der Waals surface area contributed by atoms with Gasteiger partial charge in [-0.3, -0.25) is 4.79 Å². The van der Waals surface area contributed by atoms with Gasteiger partial charge in [0.15, 0.2) is 11.5 Å². The third-order valence-electron chi connectivity index (χ3n) is 5.38. The highest BCUT2D eigenvalue weighted by Crippen LogP contribution is 2.29. The van der Waals surface area contributed by atoms with E-state index in [9.17, 15) is 9.59 Å². The molecule has 0 aliphatic heterocycles. The van der Waals surface area contributed by atoms with E-state index < -0.39 is 11.9 Å². The van der Waals surface area contributed by atoms with Crippen LogP contribution in [0.25, 0.3) is 10.8 Å². The van der Waals surface area contributed by atoms with E-state index in [2.05, 4.69) is 10.5 Å². The molecule has 7 nitrogen and oxygen atoms in total. The fourth-order valence-corrected chi connectivity index (χ4v) is 3.62. The molecule has 0 bridgehead atoms. The van der Waals surface area contributed by atoms with Crippen LogP contribution in [0.5, 0.6) is 17.2 Å². The van der Waals surface area contributed by atoms with Crippen molar-refractivity contribution in [2.24, 2.45) is 5.10 Å². The molecular weight excluding hydrogens is 444 g/mol. The maximum absolute atomic E-state index is 12.9. The predicted octanol–water partition coefficient (Wildman–Crippen LogP) is 5.15. The maximum Gasteiger partial charge on any atom is 0.344 e. The Morgan fingerprint density at radius 1 is 0.800 bits per heavy atom. The highest BCUT2D eigenvalue weighted by Gasteiger charge is 2.15. The Labute approximate surface area is 202 Å². The van der Waals surface area contributed by atoms with Crippen molar-refractivity contribution in [2.45, 2.75) is 6.92 Å². The molecule has 0 aliphatic carbocycles. The lowest BCUT2D eigenvalue weighted by molar-refractivity contribution is 0.0731. The second-order valence-electron chi connectivity index (χ2n) is 7.73. The second-order valence-corrected chi connectivity index (χ2v) is 7.73. The number of rotatable bonds is 7. The van der Waals surface area contributed by atoms with Crippen molar-refractivity contribution in [3.8, 4) is 17.2 Å².